The summed E-state index contributed by atoms with van der Waals surface area (Å²) < 4.78 is 0. The molecule has 5 heteroatoms. The summed E-state index contributed by atoms with van der Waals surface area (Å²) in [4.78, 5) is 36.6. The van der Waals surface area contributed by atoms with Crippen molar-refractivity contribution < 1.29 is 19.5 Å². The van der Waals surface area contributed by atoms with Crippen molar-refractivity contribution in [2.75, 3.05) is 6.54 Å². The van der Waals surface area contributed by atoms with E-state index in [2.05, 4.69) is 0 Å². The molecule has 1 saturated carbocycles. The van der Waals surface area contributed by atoms with E-state index in [-0.39, 0.29) is 24.8 Å². The van der Waals surface area contributed by atoms with E-state index in [1.54, 1.807) is 13.8 Å². The van der Waals surface area contributed by atoms with Gasteiger partial charge in [-0.05, 0) is 12.8 Å². The van der Waals surface area contributed by atoms with Crippen LogP contribution in [0.5, 0.6) is 0 Å². The van der Waals surface area contributed by atoms with Gasteiger partial charge in [-0.25, -0.2) is 0 Å². The summed E-state index contributed by atoms with van der Waals surface area (Å²) in [5.74, 6) is -1.36. The van der Waals surface area contributed by atoms with Gasteiger partial charge in [0.15, 0.2) is 0 Å². The standard InChI is InChI=1S/C13H19NO4/c1-12(2)7-9(15)14(10(12)16)8-13(11(17)18)5-3-4-6-13/h3-8H2,1-2H3,(H,17,18). The lowest BCUT2D eigenvalue weighted by atomic mass is 9.85. The number of hydrogen-bond acceptors (Lipinski definition) is 3. The first kappa shape index (κ1) is 13.1. The number of hydrogen-bond donors (Lipinski definition) is 1. The highest BCUT2D eigenvalue weighted by molar-refractivity contribution is 6.05. The van der Waals surface area contributed by atoms with E-state index < -0.39 is 16.8 Å². The zero-order chi connectivity index (χ0) is 13.6. The third-order valence-electron chi connectivity index (χ3n) is 4.19. The molecule has 2 rings (SSSR count). The molecule has 1 N–H and O–H groups in total. The van der Waals surface area contributed by atoms with Crippen molar-refractivity contribution >= 4 is 17.8 Å². The zero-order valence-electron chi connectivity index (χ0n) is 10.9. The molecule has 0 aromatic carbocycles. The fourth-order valence-electron chi connectivity index (χ4n) is 2.98. The number of likely N-dealkylation sites (tertiary alicyclic amines) is 1. The van der Waals surface area contributed by atoms with Crippen LogP contribution in [0.25, 0.3) is 0 Å². The van der Waals surface area contributed by atoms with E-state index in [1.807, 2.05) is 0 Å². The van der Waals surface area contributed by atoms with E-state index in [1.165, 1.54) is 4.90 Å². The summed E-state index contributed by atoms with van der Waals surface area (Å²) in [6.07, 6.45) is 3.00. The number of imide groups is 1. The topological polar surface area (TPSA) is 74.7 Å². The lowest BCUT2D eigenvalue weighted by Crippen LogP contribution is -2.45. The number of carboxylic acid groups (broad SMARTS) is 1. The lowest BCUT2D eigenvalue weighted by Gasteiger charge is -2.29. The molecule has 1 aliphatic carbocycles. The minimum atomic E-state index is -0.911. The van der Waals surface area contributed by atoms with Crippen LogP contribution in [0.1, 0.15) is 46.0 Å². The third-order valence-corrected chi connectivity index (χ3v) is 4.19. The first-order valence-corrected chi connectivity index (χ1v) is 6.37. The molecule has 1 heterocycles. The number of carbonyl (C=O) groups excluding carboxylic acids is 2. The number of carbonyl (C=O) groups is 3. The molecule has 0 aromatic rings. The van der Waals surface area contributed by atoms with Crippen LogP contribution in [0.2, 0.25) is 0 Å². The number of nitrogens with zero attached hydrogens (tertiary/aromatic N) is 1. The van der Waals surface area contributed by atoms with Crippen LogP contribution in [0.15, 0.2) is 0 Å². The Bertz CT molecular complexity index is 407. The van der Waals surface area contributed by atoms with Crippen LogP contribution in [0.4, 0.5) is 0 Å². The van der Waals surface area contributed by atoms with Gasteiger partial charge in [0.05, 0.1) is 10.8 Å². The molecule has 1 saturated heterocycles. The van der Waals surface area contributed by atoms with Crippen molar-refractivity contribution in [3.8, 4) is 0 Å². The highest BCUT2D eigenvalue weighted by Crippen LogP contribution is 2.42. The molecule has 2 fully saturated rings. The van der Waals surface area contributed by atoms with E-state index in [4.69, 9.17) is 0 Å². The fraction of sp³-hybridized carbons (Fsp3) is 0.769. The van der Waals surface area contributed by atoms with E-state index in [9.17, 15) is 19.5 Å². The second-order valence-corrected chi connectivity index (χ2v) is 6.14. The predicted octanol–water partition coefficient (Wildman–Crippen LogP) is 1.42. The fourth-order valence-corrected chi connectivity index (χ4v) is 2.98. The highest BCUT2D eigenvalue weighted by atomic mass is 16.4. The van der Waals surface area contributed by atoms with Crippen molar-refractivity contribution in [1.82, 2.24) is 4.90 Å². The summed E-state index contributed by atoms with van der Waals surface area (Å²) in [6, 6.07) is 0. The smallest absolute Gasteiger partial charge is 0.311 e. The van der Waals surface area contributed by atoms with Gasteiger partial charge in [0.2, 0.25) is 11.8 Å². The average molecular weight is 253 g/mol. The summed E-state index contributed by atoms with van der Waals surface area (Å²) in [6.45, 7) is 3.51. The lowest BCUT2D eigenvalue weighted by molar-refractivity contribution is -0.153. The van der Waals surface area contributed by atoms with Crippen molar-refractivity contribution in [2.45, 2.75) is 46.0 Å². The van der Waals surface area contributed by atoms with Crippen LogP contribution in [-0.2, 0) is 14.4 Å². The molecule has 0 unspecified atom stereocenters. The molecule has 0 spiro atoms. The van der Waals surface area contributed by atoms with E-state index >= 15 is 0 Å². The summed E-state index contributed by atoms with van der Waals surface area (Å²) in [5, 5.41) is 9.38. The molecule has 100 valence electrons. The molecular weight excluding hydrogens is 234 g/mol. The number of rotatable bonds is 3. The first-order chi connectivity index (χ1) is 8.28. The van der Waals surface area contributed by atoms with Gasteiger partial charge >= 0.3 is 5.97 Å². The Hall–Kier alpha value is -1.39. The SMILES string of the molecule is CC1(C)CC(=O)N(CC2(C(=O)O)CCCC2)C1=O. The summed E-state index contributed by atoms with van der Waals surface area (Å²) >= 11 is 0. The third kappa shape index (κ3) is 1.91. The van der Waals surface area contributed by atoms with Crippen molar-refractivity contribution in [3.05, 3.63) is 0 Å². The maximum Gasteiger partial charge on any atom is 0.311 e. The van der Waals surface area contributed by atoms with Crippen LogP contribution >= 0.6 is 0 Å². The Labute approximate surface area is 106 Å². The normalized spacial score (nSPS) is 25.8. The molecule has 0 atom stereocenters. The van der Waals surface area contributed by atoms with Crippen LogP contribution < -0.4 is 0 Å². The average Bonchev–Trinajstić information content (AvgIpc) is 2.79. The van der Waals surface area contributed by atoms with Crippen LogP contribution in [-0.4, -0.2) is 34.3 Å². The maximum absolute atomic E-state index is 12.1. The Morgan fingerprint density at radius 3 is 2.22 bits per heavy atom. The monoisotopic (exact) mass is 253 g/mol. The molecular formula is C13H19NO4. The summed E-state index contributed by atoms with van der Waals surface area (Å²) in [7, 11) is 0. The first-order valence-electron chi connectivity index (χ1n) is 6.37. The molecule has 18 heavy (non-hydrogen) atoms. The van der Waals surface area contributed by atoms with Gasteiger partial charge in [-0.1, -0.05) is 26.7 Å². The highest BCUT2D eigenvalue weighted by Gasteiger charge is 2.50. The van der Waals surface area contributed by atoms with Crippen molar-refractivity contribution in [3.63, 3.8) is 0 Å². The second-order valence-electron chi connectivity index (χ2n) is 6.14. The number of amides is 2. The van der Waals surface area contributed by atoms with Crippen LogP contribution in [0, 0.1) is 10.8 Å². The van der Waals surface area contributed by atoms with Crippen LogP contribution in [0.3, 0.4) is 0 Å². The molecule has 0 aromatic heterocycles. The Kier molecular flexibility index (Phi) is 2.95. The van der Waals surface area contributed by atoms with Gasteiger partial charge in [-0.3, -0.25) is 19.3 Å². The van der Waals surface area contributed by atoms with Gasteiger partial charge in [0.25, 0.3) is 0 Å². The minimum absolute atomic E-state index is 0.0451. The molecule has 0 radical (unpaired) electrons. The zero-order valence-corrected chi connectivity index (χ0v) is 10.9. The molecule has 2 aliphatic rings. The Morgan fingerprint density at radius 2 is 1.83 bits per heavy atom. The number of aliphatic carboxylic acids is 1. The minimum Gasteiger partial charge on any atom is -0.481 e. The van der Waals surface area contributed by atoms with Gasteiger partial charge in [-0.15, -0.1) is 0 Å². The molecule has 1 aliphatic heterocycles. The van der Waals surface area contributed by atoms with Crippen molar-refractivity contribution in [1.29, 1.82) is 0 Å². The van der Waals surface area contributed by atoms with Crippen molar-refractivity contribution in [2.24, 2.45) is 10.8 Å². The van der Waals surface area contributed by atoms with E-state index in [0.29, 0.717) is 12.8 Å². The largest absolute Gasteiger partial charge is 0.481 e. The molecule has 0 bridgehead atoms. The van der Waals surface area contributed by atoms with Gasteiger partial charge < -0.3 is 5.11 Å². The molecule has 5 nitrogen and oxygen atoms in total. The van der Waals surface area contributed by atoms with E-state index in [0.717, 1.165) is 12.8 Å². The Balaban J connectivity index is 2.21. The Morgan fingerprint density at radius 1 is 1.28 bits per heavy atom. The quantitative estimate of drug-likeness (QED) is 0.772. The predicted molar refractivity (Wildman–Crippen MR) is 63.7 cm³/mol. The van der Waals surface area contributed by atoms with Gasteiger partial charge in [0, 0.05) is 13.0 Å². The maximum atomic E-state index is 12.1. The van der Waals surface area contributed by atoms with Gasteiger partial charge in [0.1, 0.15) is 0 Å². The second kappa shape index (κ2) is 4.07. The number of carboxylic acids is 1. The van der Waals surface area contributed by atoms with Gasteiger partial charge in [-0.2, -0.15) is 0 Å². The summed E-state index contributed by atoms with van der Waals surface area (Å²) in [5.41, 5.74) is -1.60. The molecule has 2 amide bonds.